The second-order valence-corrected chi connectivity index (χ2v) is 18.9. The first-order chi connectivity index (χ1) is 30.7. The zero-order valence-corrected chi connectivity index (χ0v) is 36.3. The summed E-state index contributed by atoms with van der Waals surface area (Å²) in [5.41, 5.74) is 21.9. The molecule has 2 atom stereocenters. The second kappa shape index (κ2) is 14.2. The first-order valence-electron chi connectivity index (χ1n) is 22.5. The number of nitrogens with zero attached hydrogens (tertiary/aromatic N) is 1. The fraction of sp³-hybridized carbons (Fsp3) is 0.129. The van der Waals surface area contributed by atoms with Crippen molar-refractivity contribution in [2.75, 3.05) is 4.90 Å². The minimum absolute atomic E-state index is 0.0645. The van der Waals surface area contributed by atoms with Crippen LogP contribution in [-0.4, -0.2) is 0 Å². The molecule has 63 heavy (non-hydrogen) atoms. The van der Waals surface area contributed by atoms with Gasteiger partial charge in [-0.2, -0.15) is 0 Å². The number of hydrogen-bond acceptors (Lipinski definition) is 1. The predicted octanol–water partition coefficient (Wildman–Crippen LogP) is 16.5. The molecule has 0 heterocycles. The highest BCUT2D eigenvalue weighted by molar-refractivity contribution is 5.88. The molecule has 0 aromatic heterocycles. The standard InChI is InChI=1S/C62H49N/c1-61(2)56-22-11-9-20-52(56)54-34-29-45(38-58(54)61)44-17-13-18-48(37-44)63(49-32-35-55-53-21-10-12-23-57(53)62(3,4)59(55)39-49)47-30-26-42(27-31-47)51-33-28-41-15-7-8-19-50(41)60(51)46-25-24-40-14-5-6-16-43(40)36-46/h5-39,51,60H,1-4H3. The van der Waals surface area contributed by atoms with Gasteiger partial charge in [0.1, 0.15) is 0 Å². The number of hydrogen-bond donors (Lipinski definition) is 0. The molecular weight excluding hydrogens is 759 g/mol. The van der Waals surface area contributed by atoms with E-state index in [1.54, 1.807) is 0 Å². The maximum Gasteiger partial charge on any atom is 0.0467 e. The highest BCUT2D eigenvalue weighted by Gasteiger charge is 2.37. The summed E-state index contributed by atoms with van der Waals surface area (Å²) < 4.78 is 0. The summed E-state index contributed by atoms with van der Waals surface area (Å²) in [6.45, 7) is 9.47. The smallest absolute Gasteiger partial charge is 0.0467 e. The van der Waals surface area contributed by atoms with Gasteiger partial charge in [-0.15, -0.1) is 0 Å². The lowest BCUT2D eigenvalue weighted by Gasteiger charge is -2.32. The van der Waals surface area contributed by atoms with Gasteiger partial charge in [-0.25, -0.2) is 0 Å². The van der Waals surface area contributed by atoms with E-state index < -0.39 is 0 Å². The summed E-state index contributed by atoms with van der Waals surface area (Å²) in [5, 5.41) is 2.55. The average Bonchev–Trinajstić information content (AvgIpc) is 3.70. The van der Waals surface area contributed by atoms with Crippen molar-refractivity contribution in [3.05, 3.63) is 251 Å². The van der Waals surface area contributed by atoms with Crippen LogP contribution in [0.2, 0.25) is 0 Å². The van der Waals surface area contributed by atoms with Crippen LogP contribution in [-0.2, 0) is 10.8 Å². The van der Waals surface area contributed by atoms with Gasteiger partial charge in [-0.1, -0.05) is 198 Å². The minimum atomic E-state index is -0.116. The van der Waals surface area contributed by atoms with Crippen molar-refractivity contribution in [3.8, 4) is 33.4 Å². The average molecular weight is 808 g/mol. The summed E-state index contributed by atoms with van der Waals surface area (Å²) in [5.74, 6) is 0.376. The molecule has 3 aliphatic rings. The maximum absolute atomic E-state index is 2.46. The van der Waals surface area contributed by atoms with Crippen LogP contribution in [0.15, 0.2) is 206 Å². The third-order valence-electron chi connectivity index (χ3n) is 14.7. The highest BCUT2D eigenvalue weighted by Crippen LogP contribution is 2.53. The molecular formula is C62H49N. The Balaban J connectivity index is 0.970. The fourth-order valence-electron chi connectivity index (χ4n) is 11.4. The summed E-state index contributed by atoms with van der Waals surface area (Å²) in [7, 11) is 0. The molecule has 9 aromatic rings. The molecule has 1 heteroatoms. The first-order valence-corrected chi connectivity index (χ1v) is 22.5. The van der Waals surface area contributed by atoms with Gasteiger partial charge in [0.2, 0.25) is 0 Å². The van der Waals surface area contributed by atoms with E-state index in [9.17, 15) is 0 Å². The normalized spacial score (nSPS) is 17.1. The van der Waals surface area contributed by atoms with Crippen LogP contribution in [0.1, 0.15) is 84.0 Å². The summed E-state index contributed by atoms with van der Waals surface area (Å²) in [6.07, 6.45) is 4.75. The second-order valence-electron chi connectivity index (χ2n) is 18.9. The lowest BCUT2D eigenvalue weighted by atomic mass is 9.72. The van der Waals surface area contributed by atoms with Gasteiger partial charge in [0, 0.05) is 39.7 Å². The molecule has 12 rings (SSSR count). The molecule has 0 radical (unpaired) electrons. The molecule has 1 nitrogen and oxygen atoms in total. The Labute approximate surface area is 371 Å². The van der Waals surface area contributed by atoms with Crippen LogP contribution in [0.3, 0.4) is 0 Å². The molecule has 0 bridgehead atoms. The van der Waals surface area contributed by atoms with E-state index in [1.165, 1.54) is 88.7 Å². The molecule has 3 aliphatic carbocycles. The van der Waals surface area contributed by atoms with Gasteiger partial charge in [-0.3, -0.25) is 0 Å². The fourth-order valence-corrected chi connectivity index (χ4v) is 11.4. The summed E-state index contributed by atoms with van der Waals surface area (Å²) >= 11 is 0. The number of benzene rings is 9. The Morgan fingerprint density at radius 2 is 0.952 bits per heavy atom. The van der Waals surface area contributed by atoms with E-state index in [0.717, 1.165) is 17.1 Å². The van der Waals surface area contributed by atoms with Crippen molar-refractivity contribution in [1.29, 1.82) is 0 Å². The van der Waals surface area contributed by atoms with Gasteiger partial charge in [0.25, 0.3) is 0 Å². The molecule has 0 aliphatic heterocycles. The van der Waals surface area contributed by atoms with Gasteiger partial charge in [0.05, 0.1) is 0 Å². The van der Waals surface area contributed by atoms with Crippen molar-refractivity contribution >= 4 is 33.9 Å². The van der Waals surface area contributed by atoms with E-state index in [-0.39, 0.29) is 22.7 Å². The number of fused-ring (bicyclic) bond motifs is 8. The van der Waals surface area contributed by atoms with Crippen LogP contribution in [0.25, 0.3) is 50.2 Å². The van der Waals surface area contributed by atoms with Crippen LogP contribution in [0, 0.1) is 0 Å². The van der Waals surface area contributed by atoms with Gasteiger partial charge < -0.3 is 4.90 Å². The molecule has 302 valence electrons. The Kier molecular flexibility index (Phi) is 8.44. The molecule has 0 saturated heterocycles. The van der Waals surface area contributed by atoms with Crippen molar-refractivity contribution in [2.24, 2.45) is 0 Å². The Morgan fingerprint density at radius 3 is 1.71 bits per heavy atom. The van der Waals surface area contributed by atoms with E-state index in [4.69, 9.17) is 0 Å². The van der Waals surface area contributed by atoms with Gasteiger partial charge >= 0.3 is 0 Å². The Hall–Kier alpha value is -7.22. The van der Waals surface area contributed by atoms with Gasteiger partial charge in [0.15, 0.2) is 0 Å². The molecule has 0 fully saturated rings. The Morgan fingerprint density at radius 1 is 0.381 bits per heavy atom. The topological polar surface area (TPSA) is 3.24 Å². The van der Waals surface area contributed by atoms with E-state index in [1.807, 2.05) is 0 Å². The van der Waals surface area contributed by atoms with Crippen LogP contribution in [0.5, 0.6) is 0 Å². The van der Waals surface area contributed by atoms with Gasteiger partial charge in [-0.05, 0) is 131 Å². The maximum atomic E-state index is 2.46. The monoisotopic (exact) mass is 807 g/mol. The number of allylic oxidation sites excluding steroid dienone is 1. The minimum Gasteiger partial charge on any atom is -0.310 e. The van der Waals surface area contributed by atoms with Crippen molar-refractivity contribution in [3.63, 3.8) is 0 Å². The summed E-state index contributed by atoms with van der Waals surface area (Å²) in [6, 6.07) is 75.3. The largest absolute Gasteiger partial charge is 0.310 e. The van der Waals surface area contributed by atoms with Crippen LogP contribution in [0.4, 0.5) is 17.1 Å². The number of rotatable bonds is 6. The van der Waals surface area contributed by atoms with Crippen LogP contribution < -0.4 is 4.90 Å². The third kappa shape index (κ3) is 5.90. The zero-order valence-electron chi connectivity index (χ0n) is 36.3. The van der Waals surface area contributed by atoms with E-state index in [2.05, 4.69) is 245 Å². The van der Waals surface area contributed by atoms with E-state index in [0.29, 0.717) is 0 Å². The Bertz CT molecular complexity index is 3310. The zero-order chi connectivity index (χ0) is 42.5. The predicted molar refractivity (Wildman–Crippen MR) is 266 cm³/mol. The molecule has 0 amide bonds. The summed E-state index contributed by atoms with van der Waals surface area (Å²) in [4.78, 5) is 2.46. The molecule has 2 unspecified atom stereocenters. The quantitative estimate of drug-likeness (QED) is 0.162. The first kappa shape index (κ1) is 37.5. The molecule has 9 aromatic carbocycles. The van der Waals surface area contributed by atoms with Crippen molar-refractivity contribution in [1.82, 2.24) is 0 Å². The SMILES string of the molecule is CC1(C)c2ccccc2-c2ccc(-c3cccc(N(c4ccc(C5C=Cc6ccccc6C5c5ccc6ccccc6c5)cc4)c4ccc5c(c4)C(C)(C)c4ccccc4-5)c3)cc21. The molecule has 0 spiro atoms. The van der Waals surface area contributed by atoms with Crippen molar-refractivity contribution < 1.29 is 0 Å². The van der Waals surface area contributed by atoms with Crippen molar-refractivity contribution in [2.45, 2.75) is 50.4 Å². The van der Waals surface area contributed by atoms with E-state index >= 15 is 0 Å². The third-order valence-corrected chi connectivity index (χ3v) is 14.7. The molecule has 0 saturated carbocycles. The highest BCUT2D eigenvalue weighted by atomic mass is 15.1. The van der Waals surface area contributed by atoms with Crippen LogP contribution >= 0.6 is 0 Å². The molecule has 0 N–H and O–H groups in total. The lowest BCUT2D eigenvalue weighted by Crippen LogP contribution is -2.17. The lowest BCUT2D eigenvalue weighted by molar-refractivity contribution is 0.660. The number of anilines is 3.